The van der Waals surface area contributed by atoms with Crippen LogP contribution in [0.4, 0.5) is 23.2 Å². The van der Waals surface area contributed by atoms with Gasteiger partial charge in [-0.05, 0) is 56.7 Å². The van der Waals surface area contributed by atoms with Gasteiger partial charge in [-0.3, -0.25) is 9.59 Å². The number of carbonyl (C=O) groups excluding carboxylic acids is 2. The Morgan fingerprint density at radius 3 is 2.32 bits per heavy atom. The summed E-state index contributed by atoms with van der Waals surface area (Å²) in [6.07, 6.45) is -3.79. The Morgan fingerprint density at radius 2 is 1.76 bits per heavy atom. The summed E-state index contributed by atoms with van der Waals surface area (Å²) in [5.41, 5.74) is -3.74. The number of rotatable bonds is 6. The Hall–Kier alpha value is -3.93. The van der Waals surface area contributed by atoms with Crippen molar-refractivity contribution in [3.63, 3.8) is 0 Å². The Labute approximate surface area is 212 Å². The highest BCUT2D eigenvalue weighted by Crippen LogP contribution is 2.40. The molecule has 3 aromatic rings. The number of amides is 1. The second-order valence-corrected chi connectivity index (χ2v) is 8.74. The Kier molecular flexibility index (Phi) is 7.63. The lowest BCUT2D eigenvalue weighted by Gasteiger charge is -2.23. The minimum absolute atomic E-state index is 0.000188. The molecule has 1 N–H and O–H groups in total. The maximum Gasteiger partial charge on any atom is 0.417 e. The highest BCUT2D eigenvalue weighted by Gasteiger charge is 2.36. The number of anilines is 1. The molecule has 1 heterocycles. The zero-order chi connectivity index (χ0) is 27.7. The van der Waals surface area contributed by atoms with Gasteiger partial charge in [-0.25, -0.2) is 13.9 Å². The predicted octanol–water partition coefficient (Wildman–Crippen LogP) is 5.32. The van der Waals surface area contributed by atoms with Crippen molar-refractivity contribution in [1.29, 1.82) is 0 Å². The van der Waals surface area contributed by atoms with Crippen LogP contribution >= 0.6 is 11.6 Å². The number of benzene rings is 2. The fourth-order valence-corrected chi connectivity index (χ4v) is 3.58. The number of carbonyl (C=O) groups is 2. The Morgan fingerprint density at radius 1 is 1.08 bits per heavy atom. The van der Waals surface area contributed by atoms with Crippen molar-refractivity contribution < 1.29 is 36.6 Å². The highest BCUT2D eigenvalue weighted by atomic mass is 35.5. The van der Waals surface area contributed by atoms with E-state index in [-0.39, 0.29) is 17.0 Å². The van der Waals surface area contributed by atoms with Gasteiger partial charge in [0, 0.05) is 6.07 Å². The van der Waals surface area contributed by atoms with E-state index < -0.39 is 56.9 Å². The maximum absolute atomic E-state index is 13.5. The van der Waals surface area contributed by atoms with E-state index in [1.165, 1.54) is 26.8 Å². The number of alkyl halides is 3. The van der Waals surface area contributed by atoms with Gasteiger partial charge in [-0.15, -0.1) is 0 Å². The van der Waals surface area contributed by atoms with Crippen LogP contribution in [0.5, 0.6) is 11.5 Å². The van der Waals surface area contributed by atoms with Crippen LogP contribution in [0.25, 0.3) is 0 Å². The molecule has 0 saturated heterocycles. The lowest BCUT2D eigenvalue weighted by molar-refractivity contribution is -0.150. The Balaban J connectivity index is 2.02. The summed E-state index contributed by atoms with van der Waals surface area (Å²) in [6.45, 7) is 4.27. The van der Waals surface area contributed by atoms with Crippen molar-refractivity contribution in [1.82, 2.24) is 9.78 Å². The molecular formula is C24H20ClF4N3O5. The van der Waals surface area contributed by atoms with E-state index in [2.05, 4.69) is 15.2 Å². The first-order valence-corrected chi connectivity index (χ1v) is 10.9. The first kappa shape index (κ1) is 27.7. The molecule has 196 valence electrons. The molecule has 0 radical (unpaired) electrons. The van der Waals surface area contributed by atoms with Gasteiger partial charge >= 0.3 is 12.1 Å². The third-order valence-electron chi connectivity index (χ3n) is 5.25. The largest absolute Gasteiger partial charge is 0.467 e. The lowest BCUT2D eigenvalue weighted by atomic mass is 10.1. The number of methoxy groups -OCH3 is 1. The molecule has 0 aliphatic rings. The maximum atomic E-state index is 13.5. The number of halogens is 5. The highest BCUT2D eigenvalue weighted by molar-refractivity contribution is 6.32. The average molecular weight is 542 g/mol. The SMILES string of the molecule is COC(=O)C(C)(C)n1ncc(NC(=O)c2cc(Cl)c(C(F)(F)F)cc2Oc2ccc(F)cc2C)cc1=O. The number of aromatic nitrogens is 2. The molecule has 0 spiro atoms. The summed E-state index contributed by atoms with van der Waals surface area (Å²) < 4.78 is 64.9. The van der Waals surface area contributed by atoms with Gasteiger partial charge in [0.1, 0.15) is 17.3 Å². The van der Waals surface area contributed by atoms with Gasteiger partial charge in [0.15, 0.2) is 5.54 Å². The van der Waals surface area contributed by atoms with E-state index in [0.29, 0.717) is 6.07 Å². The predicted molar refractivity (Wildman–Crippen MR) is 125 cm³/mol. The van der Waals surface area contributed by atoms with E-state index in [4.69, 9.17) is 16.3 Å². The van der Waals surface area contributed by atoms with E-state index in [1.807, 2.05) is 0 Å². The van der Waals surface area contributed by atoms with Gasteiger partial charge in [0.2, 0.25) is 0 Å². The molecule has 0 unspecified atom stereocenters. The number of aryl methyl sites for hydroxylation is 1. The molecule has 0 saturated carbocycles. The number of nitrogens with zero attached hydrogens (tertiary/aromatic N) is 2. The van der Waals surface area contributed by atoms with Crippen molar-refractivity contribution in [2.75, 3.05) is 12.4 Å². The third-order valence-corrected chi connectivity index (χ3v) is 5.56. The molecule has 1 amide bonds. The van der Waals surface area contributed by atoms with Crippen molar-refractivity contribution in [2.24, 2.45) is 0 Å². The second kappa shape index (κ2) is 10.2. The lowest BCUT2D eigenvalue weighted by Crippen LogP contribution is -2.44. The van der Waals surface area contributed by atoms with E-state index in [1.54, 1.807) is 0 Å². The molecule has 0 atom stereocenters. The van der Waals surface area contributed by atoms with Crippen molar-refractivity contribution in [3.05, 3.63) is 80.5 Å². The summed E-state index contributed by atoms with van der Waals surface area (Å²) >= 11 is 5.81. The molecule has 0 aliphatic carbocycles. The third kappa shape index (κ3) is 5.91. The monoisotopic (exact) mass is 541 g/mol. The summed E-state index contributed by atoms with van der Waals surface area (Å²) in [4.78, 5) is 37.5. The number of hydrogen-bond donors (Lipinski definition) is 1. The molecule has 0 fully saturated rings. The first-order valence-electron chi connectivity index (χ1n) is 10.5. The summed E-state index contributed by atoms with van der Waals surface area (Å²) in [6, 6.07) is 5.62. The zero-order valence-electron chi connectivity index (χ0n) is 19.9. The first-order chi connectivity index (χ1) is 17.1. The standard InChI is InChI=1S/C24H20ClF4N3O5/c1-12-7-13(26)5-6-18(12)37-19-10-16(24(27,28)29)17(25)9-15(19)21(34)31-14-8-20(33)32(30-11-14)23(2,3)22(35)36-4/h5-11H,1-4H3,(H,31,34). The van der Waals surface area contributed by atoms with Crippen LogP contribution in [0.1, 0.15) is 35.3 Å². The molecular weight excluding hydrogens is 522 g/mol. The van der Waals surface area contributed by atoms with Gasteiger partial charge in [-0.1, -0.05) is 11.6 Å². The molecule has 8 nitrogen and oxygen atoms in total. The molecule has 3 rings (SSSR count). The normalized spacial score (nSPS) is 11.7. The van der Waals surface area contributed by atoms with Crippen LogP contribution in [-0.4, -0.2) is 28.8 Å². The fourth-order valence-electron chi connectivity index (χ4n) is 3.31. The molecule has 0 bridgehead atoms. The smallest absolute Gasteiger partial charge is 0.417 e. The molecule has 37 heavy (non-hydrogen) atoms. The van der Waals surface area contributed by atoms with Crippen LogP contribution < -0.4 is 15.6 Å². The van der Waals surface area contributed by atoms with Crippen LogP contribution in [0, 0.1) is 12.7 Å². The van der Waals surface area contributed by atoms with Crippen LogP contribution in [0.2, 0.25) is 5.02 Å². The van der Waals surface area contributed by atoms with Crippen LogP contribution in [0.3, 0.4) is 0 Å². The number of esters is 1. The van der Waals surface area contributed by atoms with Crippen LogP contribution in [-0.2, 0) is 21.2 Å². The second-order valence-electron chi connectivity index (χ2n) is 8.34. The van der Waals surface area contributed by atoms with E-state index >= 15 is 0 Å². The summed E-state index contributed by atoms with van der Waals surface area (Å²) in [5.74, 6) is -2.82. The van der Waals surface area contributed by atoms with E-state index in [9.17, 15) is 31.9 Å². The fraction of sp³-hybridized carbons (Fsp3) is 0.250. The zero-order valence-corrected chi connectivity index (χ0v) is 20.6. The topological polar surface area (TPSA) is 99.5 Å². The van der Waals surface area contributed by atoms with E-state index in [0.717, 1.165) is 42.3 Å². The molecule has 13 heteroatoms. The van der Waals surface area contributed by atoms with Crippen molar-refractivity contribution in [2.45, 2.75) is 32.5 Å². The minimum atomic E-state index is -4.86. The Bertz CT molecular complexity index is 1440. The van der Waals surface area contributed by atoms with Crippen molar-refractivity contribution in [3.8, 4) is 11.5 Å². The minimum Gasteiger partial charge on any atom is -0.467 e. The molecule has 2 aromatic carbocycles. The average Bonchev–Trinajstić information content (AvgIpc) is 2.80. The number of nitrogens with one attached hydrogen (secondary N) is 1. The molecule has 1 aromatic heterocycles. The molecule has 0 aliphatic heterocycles. The van der Waals surface area contributed by atoms with Gasteiger partial charge in [0.05, 0.1) is 35.1 Å². The number of hydrogen-bond acceptors (Lipinski definition) is 6. The van der Waals surface area contributed by atoms with Crippen LogP contribution in [0.15, 0.2) is 47.4 Å². The number of ether oxygens (including phenoxy) is 2. The van der Waals surface area contributed by atoms with Gasteiger partial charge in [-0.2, -0.15) is 18.3 Å². The van der Waals surface area contributed by atoms with Gasteiger partial charge in [0.25, 0.3) is 11.5 Å². The van der Waals surface area contributed by atoms with Crippen molar-refractivity contribution >= 4 is 29.2 Å². The quantitative estimate of drug-likeness (QED) is 0.335. The summed E-state index contributed by atoms with van der Waals surface area (Å²) in [5, 5.41) is 5.46. The summed E-state index contributed by atoms with van der Waals surface area (Å²) in [7, 11) is 1.14. The van der Waals surface area contributed by atoms with Gasteiger partial charge < -0.3 is 14.8 Å².